The summed E-state index contributed by atoms with van der Waals surface area (Å²) in [7, 11) is 0. The van der Waals surface area contributed by atoms with Crippen LogP contribution in [0.2, 0.25) is 0 Å². The van der Waals surface area contributed by atoms with Crippen LogP contribution in [0.4, 0.5) is 0 Å². The molecule has 0 aliphatic rings. The molecule has 0 saturated carbocycles. The zero-order valence-electron chi connectivity index (χ0n) is 7.52. The van der Waals surface area contributed by atoms with Crippen molar-refractivity contribution < 1.29 is 0 Å². The normalized spacial score (nSPS) is 6.40. The molecule has 0 rings (SSSR count). The largest absolute Gasteiger partial charge is 0.309 e. The predicted molar refractivity (Wildman–Crippen MR) is 50.8 cm³/mol. The summed E-state index contributed by atoms with van der Waals surface area (Å²) in [5, 5.41) is 6.39. The molecule has 10 heavy (non-hydrogen) atoms. The van der Waals surface area contributed by atoms with Crippen LogP contribution in [0.15, 0.2) is 24.8 Å². The monoisotopic (exact) mass is 141 g/mol. The van der Waals surface area contributed by atoms with Crippen molar-refractivity contribution in [1.29, 1.82) is 5.41 Å². The molecule has 0 aromatic rings. The van der Waals surface area contributed by atoms with Gasteiger partial charge < -0.3 is 5.41 Å². The summed E-state index contributed by atoms with van der Waals surface area (Å²) in [5.74, 6) is 0. The van der Waals surface area contributed by atoms with Gasteiger partial charge in [-0.05, 0) is 19.9 Å². The van der Waals surface area contributed by atoms with E-state index in [-0.39, 0.29) is 0 Å². The SMILES string of the molecule is C/C=C\C=N.C=CC.CC. The summed E-state index contributed by atoms with van der Waals surface area (Å²) in [5.41, 5.74) is 0. The van der Waals surface area contributed by atoms with E-state index in [1.54, 1.807) is 12.2 Å². The van der Waals surface area contributed by atoms with Gasteiger partial charge in [-0.25, -0.2) is 0 Å². The maximum atomic E-state index is 6.39. The van der Waals surface area contributed by atoms with Crippen molar-refractivity contribution in [2.24, 2.45) is 0 Å². The first kappa shape index (κ1) is 16.1. The van der Waals surface area contributed by atoms with Gasteiger partial charge in [-0.1, -0.05) is 26.0 Å². The lowest BCUT2D eigenvalue weighted by molar-refractivity contribution is 1.50. The molecule has 1 heteroatoms. The van der Waals surface area contributed by atoms with Crippen LogP contribution < -0.4 is 0 Å². The van der Waals surface area contributed by atoms with E-state index in [0.717, 1.165) is 0 Å². The van der Waals surface area contributed by atoms with E-state index in [2.05, 4.69) is 6.58 Å². The summed E-state index contributed by atoms with van der Waals surface area (Å²) in [4.78, 5) is 0. The van der Waals surface area contributed by atoms with E-state index in [1.807, 2.05) is 33.8 Å². The Bertz CT molecular complexity index is 72.8. The van der Waals surface area contributed by atoms with Gasteiger partial charge in [0, 0.05) is 6.21 Å². The molecular weight excluding hydrogens is 122 g/mol. The Morgan fingerprint density at radius 2 is 1.50 bits per heavy atom. The van der Waals surface area contributed by atoms with E-state index in [4.69, 9.17) is 5.41 Å². The second-order valence-corrected chi connectivity index (χ2v) is 1.10. The van der Waals surface area contributed by atoms with E-state index in [0.29, 0.717) is 0 Å². The summed E-state index contributed by atoms with van der Waals surface area (Å²) in [6.07, 6.45) is 6.48. The Morgan fingerprint density at radius 1 is 1.20 bits per heavy atom. The van der Waals surface area contributed by atoms with Crippen molar-refractivity contribution in [1.82, 2.24) is 0 Å². The third kappa shape index (κ3) is 204. The summed E-state index contributed by atoms with van der Waals surface area (Å²) >= 11 is 0. The molecule has 1 N–H and O–H groups in total. The second kappa shape index (κ2) is 42.0. The molecule has 0 fully saturated rings. The molecule has 0 aliphatic carbocycles. The molecule has 0 aromatic carbocycles. The number of nitrogens with one attached hydrogen (secondary N) is 1. The zero-order chi connectivity index (χ0) is 8.83. The Hall–Kier alpha value is -0.850. The maximum Gasteiger partial charge on any atom is 0.0174 e. The van der Waals surface area contributed by atoms with Gasteiger partial charge in [0.1, 0.15) is 0 Å². The highest BCUT2D eigenvalue weighted by Crippen LogP contribution is 1.55. The fourth-order valence-electron chi connectivity index (χ4n) is 0.0962. The van der Waals surface area contributed by atoms with Crippen molar-refractivity contribution in [2.75, 3.05) is 0 Å². The lowest BCUT2D eigenvalue weighted by Crippen LogP contribution is -1.48. The average Bonchev–Trinajstić information content (AvgIpc) is 1.96. The van der Waals surface area contributed by atoms with Crippen LogP contribution in [0.3, 0.4) is 0 Å². The van der Waals surface area contributed by atoms with Gasteiger partial charge in [-0.2, -0.15) is 0 Å². The minimum atomic E-state index is 1.25. The van der Waals surface area contributed by atoms with Crippen LogP contribution in [-0.2, 0) is 0 Å². The van der Waals surface area contributed by atoms with Crippen LogP contribution in [0.5, 0.6) is 0 Å². The van der Waals surface area contributed by atoms with Gasteiger partial charge in [0.05, 0.1) is 0 Å². The highest BCUT2D eigenvalue weighted by atomic mass is 14.3. The van der Waals surface area contributed by atoms with Gasteiger partial charge >= 0.3 is 0 Å². The first-order chi connectivity index (χ1) is 4.83. The fourth-order valence-corrected chi connectivity index (χ4v) is 0.0962. The van der Waals surface area contributed by atoms with E-state index < -0.39 is 0 Å². The molecule has 0 aromatic heterocycles. The van der Waals surface area contributed by atoms with Gasteiger partial charge in [-0.15, -0.1) is 6.58 Å². The fraction of sp³-hybridized carbons (Fsp3) is 0.444. The average molecular weight is 141 g/mol. The highest BCUT2D eigenvalue weighted by molar-refractivity contribution is 5.67. The maximum absolute atomic E-state index is 6.39. The first-order valence-electron chi connectivity index (χ1n) is 3.52. The molecule has 0 heterocycles. The van der Waals surface area contributed by atoms with Crippen LogP contribution in [-0.4, -0.2) is 6.21 Å². The van der Waals surface area contributed by atoms with Crippen molar-refractivity contribution in [3.8, 4) is 0 Å². The number of hydrogen-bond acceptors (Lipinski definition) is 1. The molecule has 0 atom stereocenters. The number of allylic oxidation sites excluding steroid dienone is 3. The van der Waals surface area contributed by atoms with Gasteiger partial charge in [0.2, 0.25) is 0 Å². The topological polar surface area (TPSA) is 23.9 Å². The predicted octanol–water partition coefficient (Wildman–Crippen LogP) is 3.43. The molecule has 1 nitrogen and oxygen atoms in total. The molecule has 60 valence electrons. The summed E-state index contributed by atoms with van der Waals surface area (Å²) < 4.78 is 0. The number of hydrogen-bond donors (Lipinski definition) is 1. The van der Waals surface area contributed by atoms with Gasteiger partial charge in [-0.3, -0.25) is 0 Å². The molecule has 0 unspecified atom stereocenters. The molecule has 0 aliphatic heterocycles. The number of rotatable bonds is 1. The van der Waals surface area contributed by atoms with E-state index in [1.165, 1.54) is 6.21 Å². The molecular formula is C9H19N. The third-order valence-corrected chi connectivity index (χ3v) is 0.289. The van der Waals surface area contributed by atoms with E-state index >= 15 is 0 Å². The highest BCUT2D eigenvalue weighted by Gasteiger charge is 1.43. The quantitative estimate of drug-likeness (QED) is 0.427. The molecule has 0 saturated heterocycles. The van der Waals surface area contributed by atoms with Gasteiger partial charge in [0.25, 0.3) is 0 Å². The summed E-state index contributed by atoms with van der Waals surface area (Å²) in [6, 6.07) is 0. The Labute approximate surface area is 65.0 Å². The minimum absolute atomic E-state index is 1.25. The van der Waals surface area contributed by atoms with Crippen LogP contribution in [0.25, 0.3) is 0 Å². The third-order valence-electron chi connectivity index (χ3n) is 0.289. The Kier molecular flexibility index (Phi) is 67.5. The van der Waals surface area contributed by atoms with Crippen LogP contribution in [0, 0.1) is 5.41 Å². The zero-order valence-corrected chi connectivity index (χ0v) is 7.52. The van der Waals surface area contributed by atoms with Crippen molar-refractivity contribution in [3.63, 3.8) is 0 Å². The Balaban J connectivity index is -0.0000000847. The molecule has 0 bridgehead atoms. The second-order valence-electron chi connectivity index (χ2n) is 1.10. The smallest absolute Gasteiger partial charge is 0.0174 e. The van der Waals surface area contributed by atoms with Crippen molar-refractivity contribution in [3.05, 3.63) is 24.8 Å². The first-order valence-corrected chi connectivity index (χ1v) is 3.52. The van der Waals surface area contributed by atoms with Crippen LogP contribution in [0.1, 0.15) is 27.7 Å². The molecule has 0 radical (unpaired) electrons. The molecule has 0 amide bonds. The molecule has 0 spiro atoms. The minimum Gasteiger partial charge on any atom is -0.309 e. The summed E-state index contributed by atoms with van der Waals surface area (Å²) in [6.45, 7) is 11.1. The van der Waals surface area contributed by atoms with Gasteiger partial charge in [0.15, 0.2) is 0 Å². The van der Waals surface area contributed by atoms with E-state index in [9.17, 15) is 0 Å². The van der Waals surface area contributed by atoms with Crippen LogP contribution >= 0.6 is 0 Å². The lowest BCUT2D eigenvalue weighted by atomic mass is 10.6. The standard InChI is InChI=1S/C4H7N.C3H6.C2H6/c1-2-3-4-5;1-3-2;1-2/h2-5H,1H3;3H,1H2,2H3;1-2H3/b3-2-,5-4?;;. The van der Waals surface area contributed by atoms with Crippen molar-refractivity contribution >= 4 is 6.21 Å². The van der Waals surface area contributed by atoms with Crippen molar-refractivity contribution in [2.45, 2.75) is 27.7 Å². The lowest BCUT2D eigenvalue weighted by Gasteiger charge is -1.54. The Morgan fingerprint density at radius 3 is 1.50 bits per heavy atom.